The number of aryl methyl sites for hydroxylation is 1. The zero-order valence-corrected chi connectivity index (χ0v) is 18.8. The Bertz CT molecular complexity index is 1020. The molecule has 0 spiro atoms. The maximum absolute atomic E-state index is 12.6. The van der Waals surface area contributed by atoms with Crippen LogP contribution in [0.25, 0.3) is 0 Å². The highest BCUT2D eigenvalue weighted by molar-refractivity contribution is 7.16. The van der Waals surface area contributed by atoms with Crippen LogP contribution in [0.3, 0.4) is 0 Å². The molecule has 3 rings (SSSR count). The second kappa shape index (κ2) is 11.2. The third-order valence-corrected chi connectivity index (χ3v) is 5.70. The number of nitriles is 1. The largest absolute Gasteiger partial charge is 0.466 e. The molecule has 12 heteroatoms. The normalized spacial score (nSPS) is 12.5. The average Bonchev–Trinajstić information content (AvgIpc) is 3.09. The van der Waals surface area contributed by atoms with Crippen molar-refractivity contribution in [3.05, 3.63) is 38.9 Å². The number of nitrogens with one attached hydrogen (secondary N) is 1. The van der Waals surface area contributed by atoms with E-state index in [1.54, 1.807) is 14.1 Å². The Kier molecular flexibility index (Phi) is 8.86. The Balaban J connectivity index is 0.000000654. The highest BCUT2D eigenvalue weighted by Crippen LogP contribution is 2.37. The molecule has 172 valence electrons. The zero-order chi connectivity index (χ0) is 23.9. The molecule has 0 saturated carbocycles. The lowest BCUT2D eigenvalue weighted by Crippen LogP contribution is -2.20. The molecular weight excluding hydrogens is 469 g/mol. The van der Waals surface area contributed by atoms with Crippen LogP contribution in [0.2, 0.25) is 5.02 Å². The van der Waals surface area contributed by atoms with Crippen molar-refractivity contribution in [1.82, 2.24) is 9.88 Å². The highest BCUT2D eigenvalue weighted by Gasteiger charge is 2.32. The third-order valence-electron chi connectivity index (χ3n) is 4.22. The lowest BCUT2D eigenvalue weighted by molar-refractivity contribution is -0.138. The SMILES string of the molecule is CN(C)C=O.N#Cc1c(NC(=O)COc2ncc(C(F)(F)F)cc2Cl)sc2c1CCCC2. The number of amides is 2. The van der Waals surface area contributed by atoms with Gasteiger partial charge >= 0.3 is 6.18 Å². The van der Waals surface area contributed by atoms with E-state index in [0.717, 1.165) is 42.5 Å². The molecule has 0 saturated heterocycles. The molecule has 32 heavy (non-hydrogen) atoms. The Morgan fingerprint density at radius 3 is 2.62 bits per heavy atom. The van der Waals surface area contributed by atoms with Gasteiger partial charge in [0.2, 0.25) is 12.3 Å². The molecule has 1 N–H and O–H groups in total. The van der Waals surface area contributed by atoms with Gasteiger partial charge in [0, 0.05) is 25.2 Å². The van der Waals surface area contributed by atoms with Gasteiger partial charge in [-0.25, -0.2) is 4.98 Å². The Morgan fingerprint density at radius 2 is 2.06 bits per heavy atom. The monoisotopic (exact) mass is 488 g/mol. The number of fused-ring (bicyclic) bond motifs is 1. The van der Waals surface area contributed by atoms with Gasteiger partial charge in [-0.15, -0.1) is 11.3 Å². The fourth-order valence-corrected chi connectivity index (χ4v) is 4.23. The summed E-state index contributed by atoms with van der Waals surface area (Å²) in [5.41, 5.74) is 0.443. The number of rotatable bonds is 5. The van der Waals surface area contributed by atoms with E-state index in [0.29, 0.717) is 22.8 Å². The van der Waals surface area contributed by atoms with Gasteiger partial charge in [-0.1, -0.05) is 11.6 Å². The van der Waals surface area contributed by atoms with Gasteiger partial charge in [0.05, 0.1) is 11.1 Å². The molecule has 2 heterocycles. The number of hydrogen-bond donors (Lipinski definition) is 1. The van der Waals surface area contributed by atoms with E-state index in [4.69, 9.17) is 16.3 Å². The van der Waals surface area contributed by atoms with Crippen molar-refractivity contribution in [2.75, 3.05) is 26.0 Å². The van der Waals surface area contributed by atoms with Crippen molar-refractivity contribution in [3.63, 3.8) is 0 Å². The van der Waals surface area contributed by atoms with Crippen molar-refractivity contribution in [2.24, 2.45) is 0 Å². The maximum atomic E-state index is 12.6. The average molecular weight is 489 g/mol. The first-order valence-corrected chi connectivity index (χ1v) is 10.6. The number of aromatic nitrogens is 1. The second-order valence-corrected chi connectivity index (χ2v) is 8.45. The Hall–Kier alpha value is -2.84. The van der Waals surface area contributed by atoms with Crippen LogP contribution in [0.5, 0.6) is 5.88 Å². The molecule has 2 aromatic heterocycles. The van der Waals surface area contributed by atoms with Gasteiger partial charge in [-0.2, -0.15) is 18.4 Å². The lowest BCUT2D eigenvalue weighted by atomic mass is 9.96. The number of pyridine rings is 1. The van der Waals surface area contributed by atoms with E-state index in [1.165, 1.54) is 16.2 Å². The molecule has 0 fully saturated rings. The fourth-order valence-electron chi connectivity index (χ4n) is 2.76. The second-order valence-electron chi connectivity index (χ2n) is 6.94. The number of carbonyl (C=O) groups is 2. The number of carbonyl (C=O) groups excluding carboxylic acids is 2. The summed E-state index contributed by atoms with van der Waals surface area (Å²) >= 11 is 7.10. The topological polar surface area (TPSA) is 95.3 Å². The molecule has 7 nitrogen and oxygen atoms in total. The highest BCUT2D eigenvalue weighted by atomic mass is 35.5. The van der Waals surface area contributed by atoms with Gasteiger partial charge in [0.15, 0.2) is 6.61 Å². The summed E-state index contributed by atoms with van der Waals surface area (Å²) < 4.78 is 42.9. The number of thiophene rings is 1. The first-order valence-electron chi connectivity index (χ1n) is 9.38. The quantitative estimate of drug-likeness (QED) is 0.633. The molecule has 1 aliphatic rings. The first-order chi connectivity index (χ1) is 15.1. The number of halogens is 4. The minimum Gasteiger partial charge on any atom is -0.466 e. The standard InChI is InChI=1S/C17H13ClF3N3O2S.C3H7NO/c18-12-5-9(17(19,20)21)7-23-15(12)26-8-14(25)24-16-11(6-22)10-3-1-2-4-13(10)27-16;1-4(2)3-5/h5,7H,1-4,8H2,(H,24,25);3H,1-2H3. The molecular formula is C20H20ClF3N4O3S. The van der Waals surface area contributed by atoms with Crippen LogP contribution in [0, 0.1) is 11.3 Å². The minimum absolute atomic E-state index is 0.272. The van der Waals surface area contributed by atoms with E-state index in [2.05, 4.69) is 16.4 Å². The van der Waals surface area contributed by atoms with Gasteiger partial charge in [-0.3, -0.25) is 9.59 Å². The van der Waals surface area contributed by atoms with Crippen molar-refractivity contribution in [2.45, 2.75) is 31.9 Å². The predicted octanol–water partition coefficient (Wildman–Crippen LogP) is 4.29. The van der Waals surface area contributed by atoms with E-state index < -0.39 is 24.3 Å². The van der Waals surface area contributed by atoms with Gasteiger partial charge < -0.3 is 15.0 Å². The Morgan fingerprint density at radius 1 is 1.41 bits per heavy atom. The molecule has 0 bridgehead atoms. The summed E-state index contributed by atoms with van der Waals surface area (Å²) in [5.74, 6) is -0.825. The molecule has 0 unspecified atom stereocenters. The maximum Gasteiger partial charge on any atom is 0.417 e. The lowest BCUT2D eigenvalue weighted by Gasteiger charge is -2.10. The summed E-state index contributed by atoms with van der Waals surface area (Å²) in [6, 6.07) is 2.81. The molecule has 0 radical (unpaired) electrons. The van der Waals surface area contributed by atoms with Crippen LogP contribution < -0.4 is 10.1 Å². The van der Waals surface area contributed by atoms with Crippen LogP contribution in [0.1, 0.15) is 34.4 Å². The van der Waals surface area contributed by atoms with Gasteiger partial charge in [-0.05, 0) is 37.3 Å². The molecule has 0 aromatic carbocycles. The van der Waals surface area contributed by atoms with Gasteiger partial charge in [0.1, 0.15) is 16.1 Å². The number of nitrogens with zero attached hydrogens (tertiary/aromatic N) is 3. The van der Waals surface area contributed by atoms with Crippen LogP contribution in [0.4, 0.5) is 18.2 Å². The van der Waals surface area contributed by atoms with Crippen molar-refractivity contribution >= 4 is 40.3 Å². The molecule has 1 aliphatic carbocycles. The summed E-state index contributed by atoms with van der Waals surface area (Å²) in [7, 11) is 3.38. The summed E-state index contributed by atoms with van der Waals surface area (Å²) in [6.45, 7) is -0.495. The zero-order valence-electron chi connectivity index (χ0n) is 17.3. The Labute approximate surface area is 191 Å². The number of alkyl halides is 3. The summed E-state index contributed by atoms with van der Waals surface area (Å²) in [6.07, 6.45) is 0.511. The van der Waals surface area contributed by atoms with E-state index >= 15 is 0 Å². The minimum atomic E-state index is -4.57. The molecule has 0 aliphatic heterocycles. The molecule has 2 aromatic rings. The van der Waals surface area contributed by atoms with Crippen LogP contribution in [-0.2, 0) is 28.6 Å². The number of ether oxygens (including phenoxy) is 1. The predicted molar refractivity (Wildman–Crippen MR) is 114 cm³/mol. The van der Waals surface area contributed by atoms with E-state index in [9.17, 15) is 28.0 Å². The molecule has 2 amide bonds. The van der Waals surface area contributed by atoms with Crippen molar-refractivity contribution in [1.29, 1.82) is 5.26 Å². The van der Waals surface area contributed by atoms with E-state index in [-0.39, 0.29) is 10.9 Å². The van der Waals surface area contributed by atoms with Crippen molar-refractivity contribution in [3.8, 4) is 11.9 Å². The van der Waals surface area contributed by atoms with Crippen LogP contribution in [-0.4, -0.2) is 42.9 Å². The van der Waals surface area contributed by atoms with E-state index in [1.807, 2.05) is 0 Å². The van der Waals surface area contributed by atoms with Crippen LogP contribution >= 0.6 is 22.9 Å². The van der Waals surface area contributed by atoms with Crippen molar-refractivity contribution < 1.29 is 27.5 Å². The fraction of sp³-hybridized carbons (Fsp3) is 0.400. The molecule has 0 atom stereocenters. The smallest absolute Gasteiger partial charge is 0.417 e. The summed E-state index contributed by atoms with van der Waals surface area (Å²) in [5, 5.41) is 12.1. The number of hydrogen-bond acceptors (Lipinski definition) is 6. The van der Waals surface area contributed by atoms with Gasteiger partial charge in [0.25, 0.3) is 5.91 Å². The first kappa shape index (κ1) is 25.4. The number of anilines is 1. The summed E-state index contributed by atoms with van der Waals surface area (Å²) in [4.78, 5) is 27.6. The third kappa shape index (κ3) is 6.83. The van der Waals surface area contributed by atoms with Crippen LogP contribution in [0.15, 0.2) is 12.3 Å².